The van der Waals surface area contributed by atoms with E-state index in [4.69, 9.17) is 0 Å². The summed E-state index contributed by atoms with van der Waals surface area (Å²) in [5, 5.41) is 0. The predicted molar refractivity (Wildman–Crippen MR) is 40.2 cm³/mol. The Morgan fingerprint density at radius 3 is 2.38 bits per heavy atom. The fourth-order valence-electron chi connectivity index (χ4n) is 0.950. The summed E-state index contributed by atoms with van der Waals surface area (Å²) in [4.78, 5) is 1.26. The van der Waals surface area contributed by atoms with Gasteiger partial charge in [0, 0.05) is 0 Å². The molecule has 0 nitrogen and oxygen atoms in total. The van der Waals surface area contributed by atoms with Crippen LogP contribution in [0.4, 0.5) is 0 Å². The van der Waals surface area contributed by atoms with Gasteiger partial charge in [-0.25, -0.2) is 0 Å². The van der Waals surface area contributed by atoms with Gasteiger partial charge in [0.25, 0.3) is 0 Å². The molecule has 0 N–H and O–H groups in total. The van der Waals surface area contributed by atoms with Gasteiger partial charge in [0.15, 0.2) is 0 Å². The number of allylic oxidation sites excluding steroid dienone is 2. The Morgan fingerprint density at radius 1 is 1.62 bits per heavy atom. The normalized spacial score (nSPS) is 29.5. The van der Waals surface area contributed by atoms with E-state index in [1.54, 1.807) is 0 Å². The van der Waals surface area contributed by atoms with Crippen LogP contribution < -0.4 is 0 Å². The second-order valence-corrected chi connectivity index (χ2v) is 3.96. The molecule has 0 saturated heterocycles. The summed E-state index contributed by atoms with van der Waals surface area (Å²) in [6.45, 7) is 2.25. The summed E-state index contributed by atoms with van der Waals surface area (Å²) in [7, 11) is 0. The molecule has 1 unspecified atom stereocenters. The van der Waals surface area contributed by atoms with Crippen molar-refractivity contribution in [2.24, 2.45) is 5.92 Å². The van der Waals surface area contributed by atoms with Crippen molar-refractivity contribution in [3.05, 3.63) is 9.38 Å². The molecular formula is C6H9SSe. The van der Waals surface area contributed by atoms with Crippen molar-refractivity contribution < 1.29 is 0 Å². The van der Waals surface area contributed by atoms with E-state index in [0.717, 1.165) is 5.92 Å². The maximum atomic E-state index is 4.30. The first-order valence-electron chi connectivity index (χ1n) is 2.78. The Labute approximate surface area is 64.0 Å². The fraction of sp³-hybridized carbons (Fsp3) is 0.667. The van der Waals surface area contributed by atoms with Crippen LogP contribution in [0.15, 0.2) is 9.38 Å². The summed E-state index contributed by atoms with van der Waals surface area (Å²) in [6.07, 6.45) is 2.38. The van der Waals surface area contributed by atoms with Crippen molar-refractivity contribution >= 4 is 28.6 Å². The molecule has 0 aliphatic heterocycles. The van der Waals surface area contributed by atoms with Gasteiger partial charge < -0.3 is 0 Å². The molecule has 0 saturated carbocycles. The molecule has 0 spiro atoms. The summed E-state index contributed by atoms with van der Waals surface area (Å²) < 4.78 is 1.36. The number of hydrogen-bond donors (Lipinski definition) is 1. The minimum atomic E-state index is 0.818. The van der Waals surface area contributed by atoms with Crippen molar-refractivity contribution in [1.82, 2.24) is 0 Å². The van der Waals surface area contributed by atoms with Crippen molar-refractivity contribution in [3.8, 4) is 0 Å². The molecule has 1 rings (SSSR count). The molecular weight excluding hydrogens is 183 g/mol. The van der Waals surface area contributed by atoms with Crippen LogP contribution in [-0.2, 0) is 0 Å². The minimum absolute atomic E-state index is 0.818. The zero-order valence-electron chi connectivity index (χ0n) is 4.85. The molecule has 1 radical (unpaired) electrons. The standard InChI is InChI=1S/C6H9SSe/c1-4-2-5(7)6(8)3-4/h4,7H,2-3H2,1H3. The van der Waals surface area contributed by atoms with E-state index < -0.39 is 0 Å². The van der Waals surface area contributed by atoms with E-state index in [-0.39, 0.29) is 0 Å². The third kappa shape index (κ3) is 1.31. The van der Waals surface area contributed by atoms with Gasteiger partial charge in [-0.2, -0.15) is 0 Å². The van der Waals surface area contributed by atoms with Crippen LogP contribution in [0.5, 0.6) is 0 Å². The van der Waals surface area contributed by atoms with E-state index in [1.807, 2.05) is 0 Å². The molecule has 0 heterocycles. The average molecular weight is 192 g/mol. The van der Waals surface area contributed by atoms with E-state index in [1.165, 1.54) is 22.2 Å². The van der Waals surface area contributed by atoms with Crippen LogP contribution >= 0.6 is 12.6 Å². The van der Waals surface area contributed by atoms with Crippen molar-refractivity contribution in [2.45, 2.75) is 19.8 Å². The molecule has 1 aliphatic rings. The monoisotopic (exact) mass is 193 g/mol. The molecule has 0 bridgehead atoms. The van der Waals surface area contributed by atoms with Crippen molar-refractivity contribution in [2.75, 3.05) is 0 Å². The SMILES string of the molecule is CC1CC(S)=C([Se])C1. The molecule has 8 heavy (non-hydrogen) atoms. The second-order valence-electron chi connectivity index (χ2n) is 2.38. The molecule has 0 fully saturated rings. The molecule has 1 aliphatic carbocycles. The molecule has 0 amide bonds. The van der Waals surface area contributed by atoms with Crippen LogP contribution in [0.3, 0.4) is 0 Å². The van der Waals surface area contributed by atoms with E-state index >= 15 is 0 Å². The van der Waals surface area contributed by atoms with Crippen LogP contribution in [0.2, 0.25) is 0 Å². The Kier molecular flexibility index (Phi) is 2.07. The van der Waals surface area contributed by atoms with E-state index in [9.17, 15) is 0 Å². The Bertz CT molecular complexity index is 114. The Morgan fingerprint density at radius 2 is 2.25 bits per heavy atom. The first kappa shape index (κ1) is 6.73. The fourth-order valence-corrected chi connectivity index (χ4v) is 2.13. The van der Waals surface area contributed by atoms with E-state index in [0.29, 0.717) is 0 Å². The molecule has 45 valence electrons. The Balaban J connectivity index is 2.60. The third-order valence-electron chi connectivity index (χ3n) is 1.40. The van der Waals surface area contributed by atoms with Crippen LogP contribution in [0.1, 0.15) is 19.8 Å². The summed E-state index contributed by atoms with van der Waals surface area (Å²) in [6, 6.07) is 0. The van der Waals surface area contributed by atoms with Gasteiger partial charge in [-0.1, -0.05) is 0 Å². The quantitative estimate of drug-likeness (QED) is 0.438. The molecule has 1 atom stereocenters. The van der Waals surface area contributed by atoms with Gasteiger partial charge in [0.1, 0.15) is 0 Å². The van der Waals surface area contributed by atoms with Gasteiger partial charge in [-0.3, -0.25) is 0 Å². The zero-order valence-corrected chi connectivity index (χ0v) is 7.45. The maximum absolute atomic E-state index is 4.30. The van der Waals surface area contributed by atoms with Crippen molar-refractivity contribution in [1.29, 1.82) is 0 Å². The third-order valence-corrected chi connectivity index (χ3v) is 3.06. The predicted octanol–water partition coefficient (Wildman–Crippen LogP) is 1.73. The first-order chi connectivity index (χ1) is 3.70. The van der Waals surface area contributed by atoms with Gasteiger partial charge in [-0.05, 0) is 0 Å². The van der Waals surface area contributed by atoms with Crippen LogP contribution in [0, 0.1) is 5.92 Å². The second kappa shape index (κ2) is 2.47. The molecule has 0 aromatic carbocycles. The van der Waals surface area contributed by atoms with E-state index in [2.05, 4.69) is 35.6 Å². The number of hydrogen-bond acceptors (Lipinski definition) is 1. The van der Waals surface area contributed by atoms with Crippen LogP contribution in [0.25, 0.3) is 0 Å². The average Bonchev–Trinajstić information content (AvgIpc) is 1.85. The Hall–Kier alpha value is 0.609. The topological polar surface area (TPSA) is 0 Å². The summed E-state index contributed by atoms with van der Waals surface area (Å²) in [5.41, 5.74) is 0. The summed E-state index contributed by atoms with van der Waals surface area (Å²) in [5.74, 6) is 0.818. The van der Waals surface area contributed by atoms with Gasteiger partial charge in [0.2, 0.25) is 0 Å². The van der Waals surface area contributed by atoms with Gasteiger partial charge in [-0.15, -0.1) is 0 Å². The zero-order chi connectivity index (χ0) is 6.15. The molecule has 0 aromatic heterocycles. The molecule has 0 aromatic rings. The van der Waals surface area contributed by atoms with Crippen LogP contribution in [-0.4, -0.2) is 16.0 Å². The van der Waals surface area contributed by atoms with Crippen molar-refractivity contribution in [3.63, 3.8) is 0 Å². The summed E-state index contributed by atoms with van der Waals surface area (Å²) >= 11 is 7.32. The van der Waals surface area contributed by atoms with Gasteiger partial charge in [0.05, 0.1) is 0 Å². The molecule has 2 heteroatoms. The van der Waals surface area contributed by atoms with Gasteiger partial charge >= 0.3 is 63.7 Å². The number of rotatable bonds is 0. The first-order valence-corrected chi connectivity index (χ1v) is 4.08. The number of thiol groups is 1.